The zero-order valence-corrected chi connectivity index (χ0v) is 12.8. The highest BCUT2D eigenvalue weighted by molar-refractivity contribution is 5.19. The normalized spacial score (nSPS) is 21.8. The first-order valence-corrected chi connectivity index (χ1v) is 7.73. The van der Waals surface area contributed by atoms with Crippen LogP contribution in [0.15, 0.2) is 46.9 Å². The summed E-state index contributed by atoms with van der Waals surface area (Å²) in [6.45, 7) is 6.11. The van der Waals surface area contributed by atoms with Crippen LogP contribution >= 0.6 is 0 Å². The lowest BCUT2D eigenvalue weighted by molar-refractivity contribution is 0.315. The van der Waals surface area contributed by atoms with Gasteiger partial charge < -0.3 is 9.73 Å². The van der Waals surface area contributed by atoms with Gasteiger partial charge >= 0.3 is 0 Å². The SMILES string of the molecule is C[C@@H]1CN(Cc2ccccc2)C[C@@H]1NCc1ccc(C#N)o1. The van der Waals surface area contributed by atoms with Crippen molar-refractivity contribution in [2.45, 2.75) is 26.1 Å². The number of nitriles is 1. The van der Waals surface area contributed by atoms with E-state index in [0.29, 0.717) is 24.3 Å². The summed E-state index contributed by atoms with van der Waals surface area (Å²) < 4.78 is 5.41. The van der Waals surface area contributed by atoms with E-state index in [0.717, 1.165) is 25.4 Å². The van der Waals surface area contributed by atoms with Gasteiger partial charge in [0.2, 0.25) is 5.76 Å². The van der Waals surface area contributed by atoms with E-state index < -0.39 is 0 Å². The van der Waals surface area contributed by atoms with Crippen LogP contribution in [0.1, 0.15) is 24.0 Å². The molecule has 114 valence electrons. The minimum atomic E-state index is 0.377. The minimum absolute atomic E-state index is 0.377. The predicted octanol–water partition coefficient (Wildman–Crippen LogP) is 2.76. The van der Waals surface area contributed by atoms with Gasteiger partial charge in [-0.3, -0.25) is 4.90 Å². The molecule has 4 nitrogen and oxygen atoms in total. The van der Waals surface area contributed by atoms with Gasteiger partial charge in [0.15, 0.2) is 0 Å². The number of hydrogen-bond acceptors (Lipinski definition) is 4. The predicted molar refractivity (Wildman–Crippen MR) is 84.9 cm³/mol. The molecule has 2 atom stereocenters. The summed E-state index contributed by atoms with van der Waals surface area (Å²) in [7, 11) is 0. The minimum Gasteiger partial charge on any atom is -0.449 e. The maximum atomic E-state index is 8.78. The Bertz CT molecular complexity index is 644. The highest BCUT2D eigenvalue weighted by Crippen LogP contribution is 2.19. The van der Waals surface area contributed by atoms with Gasteiger partial charge in [-0.05, 0) is 23.6 Å². The van der Waals surface area contributed by atoms with E-state index >= 15 is 0 Å². The summed E-state index contributed by atoms with van der Waals surface area (Å²) in [5.41, 5.74) is 1.36. The third kappa shape index (κ3) is 3.56. The lowest BCUT2D eigenvalue weighted by Crippen LogP contribution is -2.34. The molecule has 1 aliphatic rings. The quantitative estimate of drug-likeness (QED) is 0.921. The molecule has 3 rings (SSSR count). The van der Waals surface area contributed by atoms with Gasteiger partial charge in [-0.25, -0.2) is 0 Å². The Morgan fingerprint density at radius 1 is 1.23 bits per heavy atom. The Labute approximate surface area is 131 Å². The maximum Gasteiger partial charge on any atom is 0.203 e. The topological polar surface area (TPSA) is 52.2 Å². The lowest BCUT2D eigenvalue weighted by Gasteiger charge is -2.16. The summed E-state index contributed by atoms with van der Waals surface area (Å²) in [4.78, 5) is 2.49. The molecule has 1 aromatic heterocycles. The van der Waals surface area contributed by atoms with Crippen LogP contribution in [0.25, 0.3) is 0 Å². The van der Waals surface area contributed by atoms with Crippen LogP contribution in [0.2, 0.25) is 0 Å². The van der Waals surface area contributed by atoms with Gasteiger partial charge in [0.25, 0.3) is 0 Å². The molecule has 4 heteroatoms. The van der Waals surface area contributed by atoms with E-state index in [1.807, 2.05) is 12.1 Å². The number of benzene rings is 1. The lowest BCUT2D eigenvalue weighted by atomic mass is 10.1. The Hall–Kier alpha value is -2.09. The fourth-order valence-corrected chi connectivity index (χ4v) is 3.07. The Balaban J connectivity index is 1.51. The molecule has 1 fully saturated rings. The monoisotopic (exact) mass is 295 g/mol. The van der Waals surface area contributed by atoms with Gasteiger partial charge in [0.05, 0.1) is 6.54 Å². The molecule has 1 N–H and O–H groups in total. The van der Waals surface area contributed by atoms with E-state index in [-0.39, 0.29) is 0 Å². The number of nitrogens with one attached hydrogen (secondary N) is 1. The molecule has 0 spiro atoms. The molecule has 0 amide bonds. The highest BCUT2D eigenvalue weighted by atomic mass is 16.3. The van der Waals surface area contributed by atoms with E-state index in [4.69, 9.17) is 9.68 Å². The molecule has 22 heavy (non-hydrogen) atoms. The summed E-state index contributed by atoms with van der Waals surface area (Å²) in [5.74, 6) is 1.81. The van der Waals surface area contributed by atoms with Gasteiger partial charge in [-0.1, -0.05) is 37.3 Å². The van der Waals surface area contributed by atoms with Crippen LogP contribution in [-0.4, -0.2) is 24.0 Å². The zero-order chi connectivity index (χ0) is 15.4. The molecule has 1 saturated heterocycles. The Kier molecular flexibility index (Phi) is 4.57. The van der Waals surface area contributed by atoms with Crippen LogP contribution in [-0.2, 0) is 13.1 Å². The van der Waals surface area contributed by atoms with E-state index in [1.54, 1.807) is 6.07 Å². The van der Waals surface area contributed by atoms with E-state index in [9.17, 15) is 0 Å². The second-order valence-electron chi connectivity index (χ2n) is 6.02. The molecule has 2 aromatic rings. The second-order valence-corrected chi connectivity index (χ2v) is 6.02. The molecule has 0 saturated carbocycles. The van der Waals surface area contributed by atoms with Crippen molar-refractivity contribution < 1.29 is 4.42 Å². The van der Waals surface area contributed by atoms with Gasteiger partial charge in [0.1, 0.15) is 11.8 Å². The molecule has 0 aliphatic carbocycles. The molecule has 0 bridgehead atoms. The van der Waals surface area contributed by atoms with Crippen molar-refractivity contribution in [2.24, 2.45) is 5.92 Å². The first kappa shape index (κ1) is 14.8. The second kappa shape index (κ2) is 6.78. The smallest absolute Gasteiger partial charge is 0.203 e. The van der Waals surface area contributed by atoms with Crippen molar-refractivity contribution in [1.82, 2.24) is 10.2 Å². The average Bonchev–Trinajstić information content (AvgIpc) is 3.13. The molecule has 2 heterocycles. The molecular weight excluding hydrogens is 274 g/mol. The summed E-state index contributed by atoms with van der Waals surface area (Å²) in [5, 5.41) is 12.3. The Morgan fingerprint density at radius 3 is 2.77 bits per heavy atom. The highest BCUT2D eigenvalue weighted by Gasteiger charge is 2.29. The van der Waals surface area contributed by atoms with Crippen molar-refractivity contribution in [3.05, 3.63) is 59.5 Å². The maximum absolute atomic E-state index is 8.78. The zero-order valence-electron chi connectivity index (χ0n) is 12.8. The first-order valence-electron chi connectivity index (χ1n) is 7.73. The van der Waals surface area contributed by atoms with E-state index in [2.05, 4.69) is 47.5 Å². The third-order valence-electron chi connectivity index (χ3n) is 4.25. The third-order valence-corrected chi connectivity index (χ3v) is 4.25. The summed E-state index contributed by atoms with van der Waals surface area (Å²) >= 11 is 0. The standard InChI is InChI=1S/C18H21N3O/c1-14-11-21(12-15-5-3-2-4-6-15)13-18(14)20-10-17-8-7-16(9-19)22-17/h2-8,14,18,20H,10-13H2,1H3/t14-,18+/m1/s1. The molecule has 1 aliphatic heterocycles. The molecule has 1 aromatic carbocycles. The van der Waals surface area contributed by atoms with Crippen LogP contribution in [0, 0.1) is 17.2 Å². The van der Waals surface area contributed by atoms with Gasteiger partial charge in [-0.15, -0.1) is 0 Å². The van der Waals surface area contributed by atoms with Crippen LogP contribution in [0.4, 0.5) is 0 Å². The van der Waals surface area contributed by atoms with Crippen LogP contribution < -0.4 is 5.32 Å². The number of nitrogens with zero attached hydrogens (tertiary/aromatic N) is 2. The van der Waals surface area contributed by atoms with Crippen molar-refractivity contribution >= 4 is 0 Å². The summed E-state index contributed by atoms with van der Waals surface area (Å²) in [6, 6.07) is 16.7. The van der Waals surface area contributed by atoms with Crippen molar-refractivity contribution in [3.8, 4) is 6.07 Å². The van der Waals surface area contributed by atoms with Crippen LogP contribution in [0.3, 0.4) is 0 Å². The van der Waals surface area contributed by atoms with Gasteiger partial charge in [0, 0.05) is 25.7 Å². The average molecular weight is 295 g/mol. The van der Waals surface area contributed by atoms with Crippen molar-refractivity contribution in [3.63, 3.8) is 0 Å². The van der Waals surface area contributed by atoms with Crippen molar-refractivity contribution in [2.75, 3.05) is 13.1 Å². The van der Waals surface area contributed by atoms with Crippen LogP contribution in [0.5, 0.6) is 0 Å². The fourth-order valence-electron chi connectivity index (χ4n) is 3.07. The number of hydrogen-bond donors (Lipinski definition) is 1. The number of likely N-dealkylation sites (tertiary alicyclic amines) is 1. The molecular formula is C18H21N3O. The van der Waals surface area contributed by atoms with Crippen molar-refractivity contribution in [1.29, 1.82) is 5.26 Å². The van der Waals surface area contributed by atoms with E-state index in [1.165, 1.54) is 5.56 Å². The fraction of sp³-hybridized carbons (Fsp3) is 0.389. The summed E-state index contributed by atoms with van der Waals surface area (Å²) in [6.07, 6.45) is 0. The number of rotatable bonds is 5. The Morgan fingerprint density at radius 2 is 2.05 bits per heavy atom. The number of furan rings is 1. The van der Waals surface area contributed by atoms with Gasteiger partial charge in [-0.2, -0.15) is 5.26 Å². The largest absolute Gasteiger partial charge is 0.449 e. The molecule has 0 unspecified atom stereocenters. The first-order chi connectivity index (χ1) is 10.7. The molecule has 0 radical (unpaired) electrons.